The van der Waals surface area contributed by atoms with Gasteiger partial charge in [-0.05, 0) is 30.3 Å². The van der Waals surface area contributed by atoms with E-state index in [0.717, 1.165) is 0 Å². The molecule has 1 N–H and O–H groups in total. The summed E-state index contributed by atoms with van der Waals surface area (Å²) in [6, 6.07) is 12.4. The summed E-state index contributed by atoms with van der Waals surface area (Å²) in [7, 11) is 0. The lowest BCUT2D eigenvalue weighted by Crippen LogP contribution is -2.25. The van der Waals surface area contributed by atoms with Crippen LogP contribution in [0.4, 0.5) is 0 Å². The summed E-state index contributed by atoms with van der Waals surface area (Å²) in [5.41, 5.74) is 1.16. The van der Waals surface area contributed by atoms with Gasteiger partial charge in [-0.1, -0.05) is 29.9 Å². The first kappa shape index (κ1) is 17.3. The van der Waals surface area contributed by atoms with Gasteiger partial charge in [0.15, 0.2) is 0 Å². The predicted molar refractivity (Wildman–Crippen MR) is 95.7 cm³/mol. The number of carbonyl (C=O) groups excluding carboxylic acids is 1. The first-order valence-corrected chi connectivity index (χ1v) is 8.12. The second kappa shape index (κ2) is 8.57. The third-order valence-corrected chi connectivity index (χ3v) is 3.45. The summed E-state index contributed by atoms with van der Waals surface area (Å²) in [5, 5.41) is 6.72. The lowest BCUT2D eigenvalue weighted by Gasteiger charge is -2.06. The van der Waals surface area contributed by atoms with E-state index < -0.39 is 0 Å². The lowest BCUT2D eigenvalue weighted by atomic mass is 10.2. The first-order valence-electron chi connectivity index (χ1n) is 8.12. The number of aromatic nitrogens is 3. The van der Waals surface area contributed by atoms with Crippen LogP contribution < -0.4 is 10.1 Å². The number of nitrogens with zero attached hydrogens (tertiary/aromatic N) is 3. The molecule has 0 aliphatic rings. The minimum Gasteiger partial charge on any atom is -0.490 e. The van der Waals surface area contributed by atoms with E-state index >= 15 is 0 Å². The summed E-state index contributed by atoms with van der Waals surface area (Å²) in [4.78, 5) is 20.7. The number of rotatable bonds is 8. The standard InChI is InChI=1S/C19H18N4O3/c1-2-12-25-15-7-5-6-14(13-15)19(24)21-11-9-17-22-18(23-26-17)16-8-3-4-10-20-16/h2-8,10,13H,1,9,11-12H2,(H,21,24). The van der Waals surface area contributed by atoms with Crippen molar-refractivity contribution in [1.82, 2.24) is 20.4 Å². The monoisotopic (exact) mass is 350 g/mol. The summed E-state index contributed by atoms with van der Waals surface area (Å²) >= 11 is 0. The zero-order valence-corrected chi connectivity index (χ0v) is 14.1. The Balaban J connectivity index is 1.53. The maximum absolute atomic E-state index is 12.2. The van der Waals surface area contributed by atoms with Crippen molar-refractivity contribution in [3.05, 3.63) is 72.8 Å². The van der Waals surface area contributed by atoms with Gasteiger partial charge in [0.2, 0.25) is 11.7 Å². The minimum atomic E-state index is -0.196. The SMILES string of the molecule is C=CCOc1cccc(C(=O)NCCc2nc(-c3ccccn3)no2)c1. The van der Waals surface area contributed by atoms with E-state index in [1.54, 1.807) is 42.6 Å². The van der Waals surface area contributed by atoms with E-state index in [-0.39, 0.29) is 5.91 Å². The second-order valence-electron chi connectivity index (χ2n) is 5.36. The zero-order chi connectivity index (χ0) is 18.2. The average molecular weight is 350 g/mol. The van der Waals surface area contributed by atoms with Crippen LogP contribution in [0.5, 0.6) is 5.75 Å². The third kappa shape index (κ3) is 4.54. The van der Waals surface area contributed by atoms with Crippen LogP contribution in [0.15, 0.2) is 65.8 Å². The van der Waals surface area contributed by atoms with Crippen LogP contribution in [0.1, 0.15) is 16.2 Å². The van der Waals surface area contributed by atoms with Gasteiger partial charge >= 0.3 is 0 Å². The number of amides is 1. The van der Waals surface area contributed by atoms with E-state index in [0.29, 0.717) is 48.3 Å². The van der Waals surface area contributed by atoms with Crippen LogP contribution in [0.2, 0.25) is 0 Å². The van der Waals surface area contributed by atoms with Crippen molar-refractivity contribution in [2.24, 2.45) is 0 Å². The van der Waals surface area contributed by atoms with Gasteiger partial charge < -0.3 is 14.6 Å². The fraction of sp³-hybridized carbons (Fsp3) is 0.158. The number of hydrogen-bond acceptors (Lipinski definition) is 6. The number of ether oxygens (including phenoxy) is 1. The molecule has 1 amide bonds. The topological polar surface area (TPSA) is 90.1 Å². The molecular weight excluding hydrogens is 332 g/mol. The molecule has 0 fully saturated rings. The number of benzene rings is 1. The molecule has 3 aromatic rings. The van der Waals surface area contributed by atoms with Gasteiger partial charge in [0.25, 0.3) is 5.91 Å². The Morgan fingerprint density at radius 1 is 1.27 bits per heavy atom. The molecule has 2 aromatic heterocycles. The van der Waals surface area contributed by atoms with Crippen molar-refractivity contribution < 1.29 is 14.1 Å². The van der Waals surface area contributed by atoms with E-state index in [9.17, 15) is 4.79 Å². The molecule has 0 saturated carbocycles. The molecule has 26 heavy (non-hydrogen) atoms. The van der Waals surface area contributed by atoms with Gasteiger partial charge in [-0.15, -0.1) is 0 Å². The Morgan fingerprint density at radius 2 is 2.19 bits per heavy atom. The lowest BCUT2D eigenvalue weighted by molar-refractivity contribution is 0.0953. The molecule has 0 bridgehead atoms. The van der Waals surface area contributed by atoms with Gasteiger partial charge in [0, 0.05) is 24.7 Å². The van der Waals surface area contributed by atoms with Crippen molar-refractivity contribution in [1.29, 1.82) is 0 Å². The van der Waals surface area contributed by atoms with E-state index in [1.165, 1.54) is 0 Å². The highest BCUT2D eigenvalue weighted by Gasteiger charge is 2.11. The van der Waals surface area contributed by atoms with Crippen LogP contribution in [0.3, 0.4) is 0 Å². The molecule has 132 valence electrons. The van der Waals surface area contributed by atoms with Crippen LogP contribution in [-0.2, 0) is 6.42 Å². The number of pyridine rings is 1. The Kier molecular flexibility index (Phi) is 5.72. The fourth-order valence-electron chi connectivity index (χ4n) is 2.22. The Labute approximate surface area is 150 Å². The van der Waals surface area contributed by atoms with Crippen LogP contribution in [-0.4, -0.2) is 34.2 Å². The summed E-state index contributed by atoms with van der Waals surface area (Å²) < 4.78 is 10.6. The predicted octanol–water partition coefficient (Wildman–Crippen LogP) is 2.67. The van der Waals surface area contributed by atoms with Gasteiger partial charge in [0.1, 0.15) is 18.1 Å². The maximum atomic E-state index is 12.2. The van der Waals surface area contributed by atoms with Gasteiger partial charge in [-0.25, -0.2) is 0 Å². The summed E-state index contributed by atoms with van der Waals surface area (Å²) in [6.07, 6.45) is 3.74. The van der Waals surface area contributed by atoms with Crippen LogP contribution in [0, 0.1) is 0 Å². The highest BCUT2D eigenvalue weighted by molar-refractivity contribution is 5.94. The van der Waals surface area contributed by atoms with Crippen molar-refractivity contribution in [3.8, 4) is 17.3 Å². The van der Waals surface area contributed by atoms with Gasteiger partial charge in [0.05, 0.1) is 0 Å². The number of carbonyl (C=O) groups is 1. The van der Waals surface area contributed by atoms with E-state index in [2.05, 4.69) is 27.0 Å². The molecule has 7 heteroatoms. The van der Waals surface area contributed by atoms with Gasteiger partial charge in [-0.3, -0.25) is 9.78 Å². The molecule has 0 aliphatic heterocycles. The molecule has 0 unspecified atom stereocenters. The van der Waals surface area contributed by atoms with Crippen LogP contribution in [0.25, 0.3) is 11.5 Å². The molecule has 2 heterocycles. The smallest absolute Gasteiger partial charge is 0.251 e. The largest absolute Gasteiger partial charge is 0.490 e. The minimum absolute atomic E-state index is 0.196. The number of nitrogens with one attached hydrogen (secondary N) is 1. The highest BCUT2D eigenvalue weighted by Crippen LogP contribution is 2.14. The normalized spacial score (nSPS) is 10.3. The van der Waals surface area contributed by atoms with Crippen molar-refractivity contribution in [2.75, 3.05) is 13.2 Å². The number of hydrogen-bond donors (Lipinski definition) is 1. The molecule has 3 rings (SSSR count). The molecule has 0 radical (unpaired) electrons. The van der Waals surface area contributed by atoms with Crippen molar-refractivity contribution in [2.45, 2.75) is 6.42 Å². The molecule has 0 atom stereocenters. The fourth-order valence-corrected chi connectivity index (χ4v) is 2.22. The molecule has 0 spiro atoms. The summed E-state index contributed by atoms with van der Waals surface area (Å²) in [5.74, 6) is 1.29. The zero-order valence-electron chi connectivity index (χ0n) is 14.1. The average Bonchev–Trinajstić information content (AvgIpc) is 3.16. The van der Waals surface area contributed by atoms with Gasteiger partial charge in [-0.2, -0.15) is 4.98 Å². The molecule has 0 aliphatic carbocycles. The summed E-state index contributed by atoms with van der Waals surface area (Å²) in [6.45, 7) is 4.36. The third-order valence-electron chi connectivity index (χ3n) is 3.45. The van der Waals surface area contributed by atoms with E-state index in [1.807, 2.05) is 12.1 Å². The van der Waals surface area contributed by atoms with Crippen molar-refractivity contribution in [3.63, 3.8) is 0 Å². The molecular formula is C19H18N4O3. The van der Waals surface area contributed by atoms with Crippen LogP contribution >= 0.6 is 0 Å². The molecule has 0 saturated heterocycles. The molecule has 1 aromatic carbocycles. The molecule has 7 nitrogen and oxygen atoms in total. The second-order valence-corrected chi connectivity index (χ2v) is 5.36. The maximum Gasteiger partial charge on any atom is 0.251 e. The van der Waals surface area contributed by atoms with E-state index in [4.69, 9.17) is 9.26 Å². The van der Waals surface area contributed by atoms with Crippen molar-refractivity contribution >= 4 is 5.91 Å². The quantitative estimate of drug-likeness (QED) is 0.628. The first-order chi connectivity index (χ1) is 12.8. The Morgan fingerprint density at radius 3 is 3.00 bits per heavy atom. The Hall–Kier alpha value is -3.48. The Bertz CT molecular complexity index is 877. The highest BCUT2D eigenvalue weighted by atomic mass is 16.5.